The lowest BCUT2D eigenvalue weighted by Gasteiger charge is -2.39. The van der Waals surface area contributed by atoms with Crippen LogP contribution >= 0.6 is 0 Å². The highest BCUT2D eigenvalue weighted by Crippen LogP contribution is 2.24. The molecule has 1 saturated heterocycles. The van der Waals surface area contributed by atoms with Gasteiger partial charge < -0.3 is 0 Å². The van der Waals surface area contributed by atoms with Gasteiger partial charge in [0.05, 0.1) is 0 Å². The summed E-state index contributed by atoms with van der Waals surface area (Å²) in [4.78, 5) is 14.1. The van der Waals surface area contributed by atoms with Gasteiger partial charge in [-0.1, -0.05) is 18.6 Å². The summed E-state index contributed by atoms with van der Waals surface area (Å²) < 4.78 is 0. The van der Waals surface area contributed by atoms with Crippen LogP contribution in [0.5, 0.6) is 0 Å². The quantitative estimate of drug-likeness (QED) is 0.497. The van der Waals surface area contributed by atoms with Crippen LogP contribution in [0.4, 0.5) is 0 Å². The van der Waals surface area contributed by atoms with Crippen LogP contribution in [0.15, 0.2) is 24.3 Å². The maximum Gasteiger partial charge on any atom is 0.265 e. The average molecular weight is 261 g/mol. The molecule has 0 spiro atoms. The Morgan fingerprint density at radius 2 is 2.05 bits per heavy atom. The molecule has 0 unspecified atom stereocenters. The topological polar surface area (TPSA) is 58.4 Å². The van der Waals surface area contributed by atoms with Gasteiger partial charge in [-0.15, -0.1) is 0 Å². The van der Waals surface area contributed by atoms with E-state index in [1.165, 1.54) is 24.8 Å². The van der Waals surface area contributed by atoms with E-state index < -0.39 is 0 Å². The van der Waals surface area contributed by atoms with Crippen LogP contribution in [0, 0.1) is 0 Å². The molecule has 1 aromatic rings. The van der Waals surface area contributed by atoms with Crippen LogP contribution in [0.25, 0.3) is 0 Å². The van der Waals surface area contributed by atoms with Crippen molar-refractivity contribution in [3.8, 4) is 0 Å². The third kappa shape index (κ3) is 3.33. The van der Waals surface area contributed by atoms with Crippen LogP contribution in [0.3, 0.4) is 0 Å². The fraction of sp³-hybridized carbons (Fsp3) is 0.533. The monoisotopic (exact) mass is 261 g/mol. The summed E-state index contributed by atoms with van der Waals surface area (Å²) in [6.45, 7) is 5.46. The van der Waals surface area contributed by atoms with Gasteiger partial charge in [0.1, 0.15) is 0 Å². The summed E-state index contributed by atoms with van der Waals surface area (Å²) in [6.07, 6.45) is 3.83. The minimum absolute atomic E-state index is 0.235. The highest BCUT2D eigenvalue weighted by atomic mass is 16.2. The second kappa shape index (κ2) is 6.17. The van der Waals surface area contributed by atoms with E-state index in [1.807, 2.05) is 12.1 Å². The Balaban J connectivity index is 2.12. The molecular weight excluding hydrogens is 238 g/mol. The lowest BCUT2D eigenvalue weighted by atomic mass is 9.96. The molecule has 1 heterocycles. The van der Waals surface area contributed by atoms with Crippen molar-refractivity contribution in [3.05, 3.63) is 35.4 Å². The number of nitrogen functional groups attached to an aromatic ring is 1. The molecular formula is C15H23N3O. The van der Waals surface area contributed by atoms with Gasteiger partial charge in [0, 0.05) is 24.2 Å². The van der Waals surface area contributed by atoms with Crippen molar-refractivity contribution in [2.75, 3.05) is 0 Å². The lowest BCUT2D eigenvalue weighted by Crippen LogP contribution is -2.43. The van der Waals surface area contributed by atoms with Gasteiger partial charge in [0.2, 0.25) is 0 Å². The van der Waals surface area contributed by atoms with E-state index in [4.69, 9.17) is 5.84 Å². The Hall–Kier alpha value is -1.39. The Morgan fingerprint density at radius 3 is 2.68 bits per heavy atom. The molecule has 4 heteroatoms. The number of carbonyl (C=O) groups is 1. The first-order chi connectivity index (χ1) is 9.11. The number of carbonyl (C=O) groups excluding carboxylic acids is 1. The number of likely N-dealkylation sites (tertiary alicyclic amines) is 1. The van der Waals surface area contributed by atoms with Gasteiger partial charge in [-0.3, -0.25) is 15.1 Å². The van der Waals surface area contributed by atoms with Crippen LogP contribution in [-0.4, -0.2) is 22.9 Å². The van der Waals surface area contributed by atoms with Crippen molar-refractivity contribution in [1.29, 1.82) is 0 Å². The maximum absolute atomic E-state index is 11.5. The molecule has 0 bridgehead atoms. The smallest absolute Gasteiger partial charge is 0.265 e. The number of rotatable bonds is 3. The molecule has 1 aromatic carbocycles. The van der Waals surface area contributed by atoms with Crippen molar-refractivity contribution in [3.63, 3.8) is 0 Å². The molecule has 4 nitrogen and oxygen atoms in total. The number of piperidine rings is 1. The average Bonchev–Trinajstić information content (AvgIpc) is 2.42. The van der Waals surface area contributed by atoms with E-state index in [-0.39, 0.29) is 5.91 Å². The third-order valence-corrected chi connectivity index (χ3v) is 4.06. The van der Waals surface area contributed by atoms with Crippen LogP contribution in [-0.2, 0) is 6.54 Å². The molecule has 0 saturated carbocycles. The van der Waals surface area contributed by atoms with Crippen LogP contribution in [0.2, 0.25) is 0 Å². The van der Waals surface area contributed by atoms with Crippen molar-refractivity contribution in [2.24, 2.45) is 5.84 Å². The number of amides is 1. The van der Waals surface area contributed by atoms with Gasteiger partial charge in [-0.05, 0) is 44.4 Å². The van der Waals surface area contributed by atoms with E-state index in [2.05, 4.69) is 30.2 Å². The Kier molecular flexibility index (Phi) is 4.56. The largest absolute Gasteiger partial charge is 0.294 e. The zero-order valence-corrected chi connectivity index (χ0v) is 11.7. The van der Waals surface area contributed by atoms with Crippen molar-refractivity contribution < 1.29 is 4.79 Å². The number of hydrogen-bond acceptors (Lipinski definition) is 3. The molecule has 0 aromatic heterocycles. The summed E-state index contributed by atoms with van der Waals surface area (Å²) in [5.41, 5.74) is 3.97. The minimum Gasteiger partial charge on any atom is -0.294 e. The third-order valence-electron chi connectivity index (χ3n) is 4.06. The van der Waals surface area contributed by atoms with Crippen LogP contribution < -0.4 is 11.3 Å². The Bertz CT molecular complexity index is 437. The first kappa shape index (κ1) is 14.0. The van der Waals surface area contributed by atoms with E-state index in [0.717, 1.165) is 6.54 Å². The van der Waals surface area contributed by atoms with Gasteiger partial charge in [-0.2, -0.15) is 0 Å². The predicted molar refractivity (Wildman–Crippen MR) is 76.4 cm³/mol. The second-order valence-corrected chi connectivity index (χ2v) is 5.48. The van der Waals surface area contributed by atoms with E-state index >= 15 is 0 Å². The molecule has 1 aliphatic heterocycles. The summed E-state index contributed by atoms with van der Waals surface area (Å²) in [7, 11) is 0. The summed E-state index contributed by atoms with van der Waals surface area (Å²) in [5.74, 6) is 4.94. The summed E-state index contributed by atoms with van der Waals surface area (Å²) >= 11 is 0. The predicted octanol–water partition coefficient (Wildman–Crippen LogP) is 2.05. The van der Waals surface area contributed by atoms with E-state index in [9.17, 15) is 4.79 Å². The molecule has 1 fully saturated rings. The number of nitrogens with one attached hydrogen (secondary N) is 1. The molecule has 2 atom stereocenters. The van der Waals surface area contributed by atoms with E-state index in [0.29, 0.717) is 17.6 Å². The molecule has 104 valence electrons. The standard InChI is InChI=1S/C15H23N3O/c1-11-5-3-6-12(2)18(11)10-13-7-4-8-14(9-13)15(19)17-16/h4,7-9,11-12H,3,5-6,10,16H2,1-2H3,(H,17,19)/t11-,12+. The highest BCUT2D eigenvalue weighted by molar-refractivity contribution is 5.93. The van der Waals surface area contributed by atoms with Crippen molar-refractivity contribution in [1.82, 2.24) is 10.3 Å². The molecule has 3 N–H and O–H groups in total. The molecule has 2 rings (SSSR count). The Labute approximate surface area is 114 Å². The molecule has 19 heavy (non-hydrogen) atoms. The van der Waals surface area contributed by atoms with Gasteiger partial charge in [0.25, 0.3) is 5.91 Å². The number of nitrogens with two attached hydrogens (primary N) is 1. The normalized spacial score (nSPS) is 24.2. The number of benzene rings is 1. The fourth-order valence-corrected chi connectivity index (χ4v) is 2.89. The van der Waals surface area contributed by atoms with E-state index in [1.54, 1.807) is 6.07 Å². The Morgan fingerprint density at radius 1 is 1.37 bits per heavy atom. The minimum atomic E-state index is -0.235. The van der Waals surface area contributed by atoms with Crippen molar-refractivity contribution in [2.45, 2.75) is 51.7 Å². The number of hydrogen-bond donors (Lipinski definition) is 2. The summed E-state index contributed by atoms with van der Waals surface area (Å²) in [5, 5.41) is 0. The molecule has 0 radical (unpaired) electrons. The summed E-state index contributed by atoms with van der Waals surface area (Å²) in [6, 6.07) is 8.91. The van der Waals surface area contributed by atoms with Crippen molar-refractivity contribution >= 4 is 5.91 Å². The lowest BCUT2D eigenvalue weighted by molar-refractivity contribution is 0.0942. The fourth-order valence-electron chi connectivity index (χ4n) is 2.89. The number of hydrazine groups is 1. The second-order valence-electron chi connectivity index (χ2n) is 5.48. The molecule has 1 amide bonds. The van der Waals surface area contributed by atoms with Gasteiger partial charge in [0.15, 0.2) is 0 Å². The van der Waals surface area contributed by atoms with Gasteiger partial charge >= 0.3 is 0 Å². The molecule has 0 aliphatic carbocycles. The zero-order valence-electron chi connectivity index (χ0n) is 11.7. The van der Waals surface area contributed by atoms with Gasteiger partial charge in [-0.25, -0.2) is 5.84 Å². The highest BCUT2D eigenvalue weighted by Gasteiger charge is 2.24. The SMILES string of the molecule is C[C@@H]1CCC[C@H](C)N1Cc1cccc(C(=O)NN)c1. The molecule has 1 aliphatic rings. The first-order valence-corrected chi connectivity index (χ1v) is 6.97. The first-order valence-electron chi connectivity index (χ1n) is 6.97. The zero-order chi connectivity index (χ0) is 13.8. The van der Waals surface area contributed by atoms with Crippen LogP contribution in [0.1, 0.15) is 49.0 Å². The number of nitrogens with zero attached hydrogens (tertiary/aromatic N) is 1. The maximum atomic E-state index is 11.5.